The third-order valence-electron chi connectivity index (χ3n) is 3.50. The third-order valence-corrected chi connectivity index (χ3v) is 3.81. The Morgan fingerprint density at radius 1 is 1.19 bits per heavy atom. The molecule has 134 valence electrons. The van der Waals surface area contributed by atoms with Gasteiger partial charge in [0.1, 0.15) is 12.4 Å². The molecule has 2 heterocycles. The van der Waals surface area contributed by atoms with E-state index in [0.29, 0.717) is 29.1 Å². The molecule has 3 rings (SSSR count). The molecule has 0 radical (unpaired) electrons. The van der Waals surface area contributed by atoms with Crippen LogP contribution in [0.25, 0.3) is 5.82 Å². The molecule has 26 heavy (non-hydrogen) atoms. The highest BCUT2D eigenvalue weighted by molar-refractivity contribution is 6.32. The maximum absolute atomic E-state index is 11.1. The van der Waals surface area contributed by atoms with Gasteiger partial charge in [0.05, 0.1) is 23.4 Å². The van der Waals surface area contributed by atoms with Crippen LogP contribution in [0.15, 0.2) is 48.8 Å². The summed E-state index contributed by atoms with van der Waals surface area (Å²) in [6, 6.07) is 9.93. The van der Waals surface area contributed by atoms with E-state index in [0.717, 1.165) is 5.56 Å². The molecule has 0 saturated carbocycles. The maximum atomic E-state index is 11.1. The molecular weight excluding hydrogens is 358 g/mol. The summed E-state index contributed by atoms with van der Waals surface area (Å²) in [5.74, 6) is 0.358. The summed E-state index contributed by atoms with van der Waals surface area (Å²) < 4.78 is 12.7. The number of pyridine rings is 1. The van der Waals surface area contributed by atoms with Crippen molar-refractivity contribution < 1.29 is 19.4 Å². The van der Waals surface area contributed by atoms with Gasteiger partial charge in [-0.3, -0.25) is 0 Å². The van der Waals surface area contributed by atoms with Crippen molar-refractivity contribution in [2.24, 2.45) is 0 Å². The summed E-state index contributed by atoms with van der Waals surface area (Å²) in [6.07, 6.45) is 2.97. The van der Waals surface area contributed by atoms with Crippen LogP contribution in [-0.4, -0.2) is 32.4 Å². The van der Waals surface area contributed by atoms with Crippen LogP contribution in [0, 0.1) is 0 Å². The lowest BCUT2D eigenvalue weighted by Crippen LogP contribution is -2.07. The summed E-state index contributed by atoms with van der Waals surface area (Å²) in [5, 5.41) is 13.8. The summed E-state index contributed by atoms with van der Waals surface area (Å²) in [5.41, 5.74) is 0.994. The Hall–Kier alpha value is -3.06. The zero-order valence-electron chi connectivity index (χ0n) is 13.9. The lowest BCUT2D eigenvalue weighted by atomic mass is 10.2. The van der Waals surface area contributed by atoms with E-state index in [1.807, 2.05) is 19.1 Å². The van der Waals surface area contributed by atoms with Crippen LogP contribution in [0.1, 0.15) is 22.8 Å². The highest BCUT2D eigenvalue weighted by Crippen LogP contribution is 2.26. The van der Waals surface area contributed by atoms with Crippen molar-refractivity contribution in [1.29, 1.82) is 0 Å². The highest BCUT2D eigenvalue weighted by atomic mass is 35.5. The van der Waals surface area contributed by atoms with Crippen LogP contribution < -0.4 is 9.47 Å². The molecule has 0 unspecified atom stereocenters. The molecule has 0 fully saturated rings. The number of hydrogen-bond donors (Lipinski definition) is 1. The van der Waals surface area contributed by atoms with E-state index in [2.05, 4.69) is 10.1 Å². The van der Waals surface area contributed by atoms with Crippen LogP contribution in [0.5, 0.6) is 11.6 Å². The summed E-state index contributed by atoms with van der Waals surface area (Å²) in [6.45, 7) is 2.67. The minimum Gasteiger partial charge on any atom is -0.492 e. The van der Waals surface area contributed by atoms with Gasteiger partial charge in [0.2, 0.25) is 5.88 Å². The molecule has 0 atom stereocenters. The van der Waals surface area contributed by atoms with Crippen molar-refractivity contribution in [2.75, 3.05) is 6.61 Å². The van der Waals surface area contributed by atoms with E-state index >= 15 is 0 Å². The molecule has 0 aliphatic rings. The minimum absolute atomic E-state index is 0.121. The van der Waals surface area contributed by atoms with Crippen molar-refractivity contribution in [1.82, 2.24) is 14.8 Å². The Morgan fingerprint density at radius 3 is 2.81 bits per heavy atom. The number of halogens is 1. The summed E-state index contributed by atoms with van der Waals surface area (Å²) in [7, 11) is 0. The monoisotopic (exact) mass is 373 g/mol. The molecule has 0 spiro atoms. The van der Waals surface area contributed by atoms with Gasteiger partial charge >= 0.3 is 5.97 Å². The zero-order valence-corrected chi connectivity index (χ0v) is 14.7. The lowest BCUT2D eigenvalue weighted by molar-refractivity contribution is 0.0696. The molecule has 2 aromatic heterocycles. The number of carboxylic acid groups (broad SMARTS) is 1. The Morgan fingerprint density at radius 2 is 2.04 bits per heavy atom. The van der Waals surface area contributed by atoms with Gasteiger partial charge in [0.25, 0.3) is 0 Å². The van der Waals surface area contributed by atoms with E-state index in [-0.39, 0.29) is 12.2 Å². The Kier molecular flexibility index (Phi) is 5.38. The van der Waals surface area contributed by atoms with Crippen molar-refractivity contribution in [3.63, 3.8) is 0 Å². The first kappa shape index (κ1) is 17.8. The van der Waals surface area contributed by atoms with Gasteiger partial charge in [-0.1, -0.05) is 17.7 Å². The Labute approximate surface area is 154 Å². The van der Waals surface area contributed by atoms with Crippen molar-refractivity contribution >= 4 is 17.6 Å². The van der Waals surface area contributed by atoms with Gasteiger partial charge in [-0.25, -0.2) is 9.78 Å². The molecule has 0 aliphatic heterocycles. The molecule has 8 heteroatoms. The second-order valence-corrected chi connectivity index (χ2v) is 5.68. The number of aromatic nitrogens is 3. The maximum Gasteiger partial charge on any atom is 0.335 e. The smallest absolute Gasteiger partial charge is 0.335 e. The van der Waals surface area contributed by atoms with Crippen LogP contribution >= 0.6 is 11.6 Å². The molecule has 7 nitrogen and oxygen atoms in total. The van der Waals surface area contributed by atoms with Gasteiger partial charge in [-0.15, -0.1) is 0 Å². The normalized spacial score (nSPS) is 10.5. The fraction of sp³-hybridized carbons (Fsp3) is 0.167. The van der Waals surface area contributed by atoms with Crippen LogP contribution in [0.3, 0.4) is 0 Å². The van der Waals surface area contributed by atoms with Gasteiger partial charge in [-0.2, -0.15) is 9.78 Å². The van der Waals surface area contributed by atoms with Crippen LogP contribution in [-0.2, 0) is 6.61 Å². The third kappa shape index (κ3) is 3.94. The van der Waals surface area contributed by atoms with Crippen molar-refractivity contribution in [2.45, 2.75) is 13.5 Å². The Balaban J connectivity index is 1.79. The average Bonchev–Trinajstić information content (AvgIpc) is 3.11. The lowest BCUT2D eigenvalue weighted by Gasteiger charge is -2.11. The number of ether oxygens (including phenoxy) is 2. The number of nitrogens with zero attached hydrogens (tertiary/aromatic N) is 3. The molecule has 0 aliphatic carbocycles. The number of rotatable bonds is 7. The first-order chi connectivity index (χ1) is 12.6. The Bertz CT molecular complexity index is 926. The van der Waals surface area contributed by atoms with Gasteiger partial charge in [0.15, 0.2) is 5.82 Å². The number of carbonyl (C=O) groups is 1. The predicted octanol–water partition coefficient (Wildman–Crippen LogP) is 3.60. The number of hydrogen-bond acceptors (Lipinski definition) is 5. The predicted molar refractivity (Wildman–Crippen MR) is 95.3 cm³/mol. The van der Waals surface area contributed by atoms with Crippen molar-refractivity contribution in [3.8, 4) is 17.4 Å². The van der Waals surface area contributed by atoms with Crippen molar-refractivity contribution in [3.05, 3.63) is 64.9 Å². The van der Waals surface area contributed by atoms with E-state index in [4.69, 9.17) is 26.2 Å². The molecule has 0 bridgehead atoms. The molecule has 3 aromatic rings. The molecular formula is C18H16ClN3O4. The highest BCUT2D eigenvalue weighted by Gasteiger charge is 2.11. The van der Waals surface area contributed by atoms with Crippen LogP contribution in [0.4, 0.5) is 0 Å². The van der Waals surface area contributed by atoms with Crippen LogP contribution in [0.2, 0.25) is 5.02 Å². The zero-order chi connectivity index (χ0) is 18.5. The molecule has 0 saturated heterocycles. The average molecular weight is 374 g/mol. The first-order valence-corrected chi connectivity index (χ1v) is 8.24. The standard InChI is InChI=1S/C18H16ClN3O4/c1-2-25-15-9-12(3-4-14(15)19)11-26-17-6-8-21-22(17)16-10-13(18(23)24)5-7-20-16/h3-10H,2,11H2,1H3,(H,23,24). The largest absolute Gasteiger partial charge is 0.492 e. The quantitative estimate of drug-likeness (QED) is 0.681. The fourth-order valence-electron chi connectivity index (χ4n) is 2.30. The fourth-order valence-corrected chi connectivity index (χ4v) is 2.47. The second kappa shape index (κ2) is 7.88. The van der Waals surface area contributed by atoms with E-state index < -0.39 is 5.97 Å². The van der Waals surface area contributed by atoms with E-state index in [1.54, 1.807) is 18.3 Å². The molecule has 1 N–H and O–H groups in total. The first-order valence-electron chi connectivity index (χ1n) is 7.86. The number of carboxylic acids is 1. The van der Waals surface area contributed by atoms with Gasteiger partial charge in [-0.05, 0) is 36.8 Å². The van der Waals surface area contributed by atoms with Gasteiger partial charge in [0, 0.05) is 12.3 Å². The molecule has 1 aromatic carbocycles. The van der Waals surface area contributed by atoms with E-state index in [1.165, 1.54) is 23.0 Å². The number of benzene rings is 1. The topological polar surface area (TPSA) is 86.5 Å². The molecule has 0 amide bonds. The minimum atomic E-state index is -1.03. The number of aromatic carboxylic acids is 1. The second-order valence-electron chi connectivity index (χ2n) is 5.28. The summed E-state index contributed by atoms with van der Waals surface area (Å²) >= 11 is 6.08. The van der Waals surface area contributed by atoms with E-state index in [9.17, 15) is 4.79 Å². The SMILES string of the molecule is CCOc1cc(COc2ccnn2-c2cc(C(=O)O)ccn2)ccc1Cl. The van der Waals surface area contributed by atoms with Gasteiger partial charge < -0.3 is 14.6 Å². The summed E-state index contributed by atoms with van der Waals surface area (Å²) in [4.78, 5) is 15.3.